The fourth-order valence-corrected chi connectivity index (χ4v) is 8.36. The highest BCUT2D eigenvalue weighted by Crippen LogP contribution is 2.71. The molecule has 5 fully saturated rings. The van der Waals surface area contributed by atoms with Crippen molar-refractivity contribution in [2.24, 2.45) is 22.7 Å². The van der Waals surface area contributed by atoms with Crippen molar-refractivity contribution in [3.63, 3.8) is 0 Å². The molecule has 2 heteroatoms. The number of Topliss-reactive ketones (excluding diaryl/α,β-unsaturated/α-hetero) is 1. The molecule has 1 N–H and O–H groups in total. The smallest absolute Gasteiger partial charge is 0.139 e. The van der Waals surface area contributed by atoms with E-state index in [2.05, 4.69) is 49.5 Å². The molecule has 1 aromatic carbocycles. The summed E-state index contributed by atoms with van der Waals surface area (Å²) >= 11 is 0. The van der Waals surface area contributed by atoms with E-state index >= 15 is 0 Å². The summed E-state index contributed by atoms with van der Waals surface area (Å²) in [5.41, 5.74) is 2.16. The number of ketones is 1. The Bertz CT molecular complexity index is 744. The molecule has 28 heavy (non-hydrogen) atoms. The lowest BCUT2D eigenvalue weighted by Crippen LogP contribution is -2.61. The van der Waals surface area contributed by atoms with Gasteiger partial charge in [0, 0.05) is 17.9 Å². The van der Waals surface area contributed by atoms with Crippen LogP contribution in [-0.2, 0) is 10.2 Å². The summed E-state index contributed by atoms with van der Waals surface area (Å²) in [4.78, 5) is 13.9. The average molecular weight is 380 g/mol. The predicted octanol–water partition coefficient (Wildman–Crippen LogP) is 5.65. The number of benzene rings is 1. The van der Waals surface area contributed by atoms with Gasteiger partial charge in [-0.25, -0.2) is 0 Å². The van der Waals surface area contributed by atoms with Crippen molar-refractivity contribution in [2.45, 2.75) is 89.5 Å². The Balaban J connectivity index is 1.46. The second-order valence-corrected chi connectivity index (χ2v) is 11.2. The van der Waals surface area contributed by atoms with Gasteiger partial charge < -0.3 is 5.32 Å². The number of nitrogens with one attached hydrogen (secondary N) is 1. The van der Waals surface area contributed by atoms with Gasteiger partial charge >= 0.3 is 0 Å². The van der Waals surface area contributed by atoms with Crippen LogP contribution in [0.2, 0.25) is 0 Å². The Morgan fingerprint density at radius 3 is 2.68 bits per heavy atom. The normalized spacial score (nSPS) is 44.6. The molecule has 4 saturated carbocycles. The SMILES string of the molecule is CCC12CC3CC(C(=O)C[C@H]4CCN[C@@H](C)C4)(C1)CC(c1ccccc1)(C3)C2. The lowest BCUT2D eigenvalue weighted by Gasteiger charge is -2.66. The summed E-state index contributed by atoms with van der Waals surface area (Å²) in [5.74, 6) is 1.99. The monoisotopic (exact) mass is 379 g/mol. The molecular weight excluding hydrogens is 342 g/mol. The van der Waals surface area contributed by atoms with E-state index in [0.29, 0.717) is 23.2 Å². The number of hydrogen-bond donors (Lipinski definition) is 1. The Hall–Kier alpha value is -1.15. The van der Waals surface area contributed by atoms with Crippen LogP contribution in [0.5, 0.6) is 0 Å². The van der Waals surface area contributed by atoms with Gasteiger partial charge in [0.15, 0.2) is 0 Å². The number of hydrogen-bond acceptors (Lipinski definition) is 2. The Morgan fingerprint density at radius 2 is 1.93 bits per heavy atom. The topological polar surface area (TPSA) is 29.1 Å². The molecule has 0 radical (unpaired) electrons. The first kappa shape index (κ1) is 18.9. The highest BCUT2D eigenvalue weighted by Gasteiger charge is 2.64. The number of rotatable bonds is 5. The summed E-state index contributed by atoms with van der Waals surface area (Å²) in [6, 6.07) is 11.8. The van der Waals surface area contributed by atoms with Crippen LogP contribution in [0, 0.1) is 22.7 Å². The molecule has 6 atom stereocenters. The molecule has 152 valence electrons. The van der Waals surface area contributed by atoms with E-state index in [-0.39, 0.29) is 10.8 Å². The highest BCUT2D eigenvalue weighted by molar-refractivity contribution is 5.86. The molecular formula is C26H37NO. The van der Waals surface area contributed by atoms with E-state index in [9.17, 15) is 4.79 Å². The number of piperidine rings is 1. The summed E-state index contributed by atoms with van der Waals surface area (Å²) in [6.07, 6.45) is 11.9. The van der Waals surface area contributed by atoms with Gasteiger partial charge in [0.2, 0.25) is 0 Å². The number of carbonyl (C=O) groups is 1. The van der Waals surface area contributed by atoms with E-state index in [1.165, 1.54) is 56.9 Å². The molecule has 0 aromatic heterocycles. The van der Waals surface area contributed by atoms with Gasteiger partial charge in [0.1, 0.15) is 5.78 Å². The second kappa shape index (κ2) is 6.69. The fourth-order valence-electron chi connectivity index (χ4n) is 8.36. The third-order valence-electron chi connectivity index (χ3n) is 9.12. The van der Waals surface area contributed by atoms with Crippen LogP contribution in [0.4, 0.5) is 0 Å². The van der Waals surface area contributed by atoms with E-state index in [1.54, 1.807) is 0 Å². The molecule has 4 bridgehead atoms. The summed E-state index contributed by atoms with van der Waals surface area (Å²) in [6.45, 7) is 5.75. The summed E-state index contributed by atoms with van der Waals surface area (Å²) < 4.78 is 0. The Morgan fingerprint density at radius 1 is 1.11 bits per heavy atom. The van der Waals surface area contributed by atoms with Gasteiger partial charge in [-0.15, -0.1) is 0 Å². The minimum absolute atomic E-state index is 0.0284. The third kappa shape index (κ3) is 2.98. The molecule has 1 aliphatic heterocycles. The highest BCUT2D eigenvalue weighted by atomic mass is 16.1. The van der Waals surface area contributed by atoms with E-state index in [0.717, 1.165) is 25.3 Å². The van der Waals surface area contributed by atoms with Crippen molar-refractivity contribution in [3.05, 3.63) is 35.9 Å². The van der Waals surface area contributed by atoms with E-state index in [1.807, 2.05) is 0 Å². The average Bonchev–Trinajstić information content (AvgIpc) is 2.68. The van der Waals surface area contributed by atoms with Gasteiger partial charge in [-0.3, -0.25) is 4.79 Å². The second-order valence-electron chi connectivity index (χ2n) is 11.2. The molecule has 1 aromatic rings. The molecule has 4 unspecified atom stereocenters. The van der Waals surface area contributed by atoms with Gasteiger partial charge in [-0.05, 0) is 93.1 Å². The minimum Gasteiger partial charge on any atom is -0.314 e. The molecule has 2 nitrogen and oxygen atoms in total. The molecule has 6 rings (SSSR count). The van der Waals surface area contributed by atoms with Gasteiger partial charge in [0.25, 0.3) is 0 Å². The minimum atomic E-state index is -0.0284. The molecule has 0 amide bonds. The van der Waals surface area contributed by atoms with Crippen molar-refractivity contribution in [2.75, 3.05) is 6.54 Å². The van der Waals surface area contributed by atoms with Crippen LogP contribution in [0.1, 0.15) is 83.6 Å². The zero-order chi connectivity index (χ0) is 19.4. The maximum atomic E-state index is 13.9. The van der Waals surface area contributed by atoms with Crippen LogP contribution in [0.3, 0.4) is 0 Å². The molecule has 1 heterocycles. The zero-order valence-corrected chi connectivity index (χ0v) is 17.8. The van der Waals surface area contributed by atoms with Crippen molar-refractivity contribution in [3.8, 4) is 0 Å². The van der Waals surface area contributed by atoms with Crippen LogP contribution < -0.4 is 5.32 Å². The van der Waals surface area contributed by atoms with Gasteiger partial charge in [-0.1, -0.05) is 43.7 Å². The molecule has 5 aliphatic rings. The van der Waals surface area contributed by atoms with Crippen molar-refractivity contribution in [1.29, 1.82) is 0 Å². The molecule has 1 saturated heterocycles. The lowest BCUT2D eigenvalue weighted by atomic mass is 9.37. The summed E-state index contributed by atoms with van der Waals surface area (Å²) in [5, 5.41) is 3.55. The van der Waals surface area contributed by atoms with Crippen LogP contribution in [0.15, 0.2) is 30.3 Å². The van der Waals surface area contributed by atoms with Gasteiger partial charge in [0.05, 0.1) is 0 Å². The molecule has 0 spiro atoms. The quantitative estimate of drug-likeness (QED) is 0.716. The van der Waals surface area contributed by atoms with Crippen LogP contribution in [-0.4, -0.2) is 18.4 Å². The Labute approximate surface area is 170 Å². The first-order chi connectivity index (χ1) is 13.5. The van der Waals surface area contributed by atoms with Crippen LogP contribution in [0.25, 0.3) is 0 Å². The fraction of sp³-hybridized carbons (Fsp3) is 0.731. The third-order valence-corrected chi connectivity index (χ3v) is 9.12. The van der Waals surface area contributed by atoms with Crippen molar-refractivity contribution in [1.82, 2.24) is 5.32 Å². The standard InChI is InChI=1S/C26H37NO/c1-3-24-13-21-14-25(16-24,22-7-5-4-6-8-22)18-26(15-21,17-24)23(28)12-20-9-10-27-19(2)11-20/h4-8,19-21,27H,3,9-18H2,1-2H3/t19-,20-,21?,24?,25?,26?/m0/s1. The predicted molar refractivity (Wildman–Crippen MR) is 114 cm³/mol. The summed E-state index contributed by atoms with van der Waals surface area (Å²) in [7, 11) is 0. The maximum absolute atomic E-state index is 13.9. The lowest BCUT2D eigenvalue weighted by molar-refractivity contribution is -0.162. The van der Waals surface area contributed by atoms with E-state index in [4.69, 9.17) is 0 Å². The molecule has 4 aliphatic carbocycles. The van der Waals surface area contributed by atoms with Crippen LogP contribution >= 0.6 is 0 Å². The van der Waals surface area contributed by atoms with E-state index < -0.39 is 0 Å². The zero-order valence-electron chi connectivity index (χ0n) is 17.8. The maximum Gasteiger partial charge on any atom is 0.139 e. The van der Waals surface area contributed by atoms with Crippen molar-refractivity contribution >= 4 is 5.78 Å². The Kier molecular flexibility index (Phi) is 4.50. The number of carbonyl (C=O) groups excluding carboxylic acids is 1. The van der Waals surface area contributed by atoms with Crippen molar-refractivity contribution < 1.29 is 4.79 Å². The van der Waals surface area contributed by atoms with Gasteiger partial charge in [-0.2, -0.15) is 0 Å². The largest absolute Gasteiger partial charge is 0.314 e. The first-order valence-corrected chi connectivity index (χ1v) is 11.8. The first-order valence-electron chi connectivity index (χ1n) is 11.8.